The zero-order valence-electron chi connectivity index (χ0n) is 11.4. The SMILES string of the molecule is CCCCc1ccc(NC(=O)c2occc2C)cc1. The van der Waals surface area contributed by atoms with E-state index in [1.165, 1.54) is 24.7 Å². The van der Waals surface area contributed by atoms with Crippen molar-refractivity contribution in [2.24, 2.45) is 0 Å². The Morgan fingerprint density at radius 3 is 2.53 bits per heavy atom. The molecule has 0 aliphatic rings. The molecule has 0 atom stereocenters. The molecule has 1 heterocycles. The number of aryl methyl sites for hydroxylation is 2. The number of hydrogen-bond acceptors (Lipinski definition) is 2. The summed E-state index contributed by atoms with van der Waals surface area (Å²) in [6, 6.07) is 9.76. The Bertz CT molecular complexity index is 540. The zero-order valence-corrected chi connectivity index (χ0v) is 11.4. The van der Waals surface area contributed by atoms with Gasteiger partial charge in [-0.3, -0.25) is 4.79 Å². The monoisotopic (exact) mass is 257 g/mol. The molecule has 0 fully saturated rings. The van der Waals surface area contributed by atoms with Gasteiger partial charge in [0.05, 0.1) is 6.26 Å². The molecular formula is C16H19NO2. The van der Waals surface area contributed by atoms with Gasteiger partial charge >= 0.3 is 0 Å². The van der Waals surface area contributed by atoms with Crippen LogP contribution in [0.3, 0.4) is 0 Å². The molecule has 0 saturated carbocycles. The number of carbonyl (C=O) groups is 1. The first kappa shape index (κ1) is 13.4. The lowest BCUT2D eigenvalue weighted by molar-refractivity contribution is 0.0996. The second kappa shape index (κ2) is 6.23. The molecule has 0 bridgehead atoms. The second-order valence-electron chi connectivity index (χ2n) is 4.69. The first-order valence-electron chi connectivity index (χ1n) is 6.65. The van der Waals surface area contributed by atoms with Gasteiger partial charge in [0.1, 0.15) is 0 Å². The van der Waals surface area contributed by atoms with E-state index in [0.717, 1.165) is 17.7 Å². The van der Waals surface area contributed by atoms with Crippen molar-refractivity contribution in [1.82, 2.24) is 0 Å². The molecule has 0 unspecified atom stereocenters. The van der Waals surface area contributed by atoms with Crippen molar-refractivity contribution >= 4 is 11.6 Å². The molecule has 3 nitrogen and oxygen atoms in total. The van der Waals surface area contributed by atoms with Crippen LogP contribution in [-0.2, 0) is 6.42 Å². The normalized spacial score (nSPS) is 10.4. The van der Waals surface area contributed by atoms with Gasteiger partial charge in [0, 0.05) is 11.3 Å². The Morgan fingerprint density at radius 1 is 1.21 bits per heavy atom. The first-order valence-corrected chi connectivity index (χ1v) is 6.65. The largest absolute Gasteiger partial charge is 0.459 e. The molecule has 1 N–H and O–H groups in total. The Kier molecular flexibility index (Phi) is 4.39. The van der Waals surface area contributed by atoms with Crippen molar-refractivity contribution in [1.29, 1.82) is 0 Å². The van der Waals surface area contributed by atoms with Crippen molar-refractivity contribution in [3.63, 3.8) is 0 Å². The fraction of sp³-hybridized carbons (Fsp3) is 0.312. The molecule has 100 valence electrons. The molecular weight excluding hydrogens is 238 g/mol. The lowest BCUT2D eigenvalue weighted by Crippen LogP contribution is -2.11. The number of amides is 1. The van der Waals surface area contributed by atoms with Gasteiger partial charge in [-0.25, -0.2) is 0 Å². The van der Waals surface area contributed by atoms with Crippen molar-refractivity contribution in [3.05, 3.63) is 53.5 Å². The second-order valence-corrected chi connectivity index (χ2v) is 4.69. The van der Waals surface area contributed by atoms with E-state index in [1.54, 1.807) is 6.07 Å². The van der Waals surface area contributed by atoms with Crippen LogP contribution in [0.2, 0.25) is 0 Å². The highest BCUT2D eigenvalue weighted by Crippen LogP contribution is 2.15. The minimum atomic E-state index is -0.205. The number of benzene rings is 1. The van der Waals surface area contributed by atoms with Gasteiger partial charge in [-0.2, -0.15) is 0 Å². The standard InChI is InChI=1S/C16H19NO2/c1-3-4-5-13-6-8-14(9-7-13)17-16(18)15-12(2)10-11-19-15/h6-11H,3-5H2,1-2H3,(H,17,18). The van der Waals surface area contributed by atoms with Gasteiger partial charge < -0.3 is 9.73 Å². The number of hydrogen-bond donors (Lipinski definition) is 1. The fourth-order valence-electron chi connectivity index (χ4n) is 1.93. The van der Waals surface area contributed by atoms with Crippen LogP contribution in [0.15, 0.2) is 41.0 Å². The smallest absolute Gasteiger partial charge is 0.291 e. The van der Waals surface area contributed by atoms with Crippen LogP contribution in [0, 0.1) is 6.92 Å². The molecule has 0 radical (unpaired) electrons. The average Bonchev–Trinajstić information content (AvgIpc) is 2.84. The highest BCUT2D eigenvalue weighted by Gasteiger charge is 2.12. The van der Waals surface area contributed by atoms with Gasteiger partial charge in [0.2, 0.25) is 0 Å². The number of furan rings is 1. The predicted octanol–water partition coefficient (Wildman–Crippen LogP) is 4.18. The minimum absolute atomic E-state index is 0.205. The lowest BCUT2D eigenvalue weighted by atomic mass is 10.1. The third-order valence-electron chi connectivity index (χ3n) is 3.10. The summed E-state index contributed by atoms with van der Waals surface area (Å²) in [5.41, 5.74) is 2.94. The van der Waals surface area contributed by atoms with Crippen LogP contribution in [-0.4, -0.2) is 5.91 Å². The van der Waals surface area contributed by atoms with E-state index in [-0.39, 0.29) is 5.91 Å². The molecule has 19 heavy (non-hydrogen) atoms. The number of nitrogens with one attached hydrogen (secondary N) is 1. The van der Waals surface area contributed by atoms with Crippen LogP contribution >= 0.6 is 0 Å². The van der Waals surface area contributed by atoms with Crippen LogP contribution in [0.5, 0.6) is 0 Å². The number of anilines is 1. The van der Waals surface area contributed by atoms with E-state index in [1.807, 2.05) is 19.1 Å². The highest BCUT2D eigenvalue weighted by molar-refractivity contribution is 6.03. The Hall–Kier alpha value is -2.03. The lowest BCUT2D eigenvalue weighted by Gasteiger charge is -2.05. The van der Waals surface area contributed by atoms with Crippen LogP contribution < -0.4 is 5.32 Å². The highest BCUT2D eigenvalue weighted by atomic mass is 16.3. The topological polar surface area (TPSA) is 42.2 Å². The van der Waals surface area contributed by atoms with Gasteiger partial charge in [0.25, 0.3) is 5.91 Å². The molecule has 0 spiro atoms. The van der Waals surface area contributed by atoms with E-state index >= 15 is 0 Å². The maximum Gasteiger partial charge on any atom is 0.291 e. The average molecular weight is 257 g/mol. The van der Waals surface area contributed by atoms with E-state index in [0.29, 0.717) is 5.76 Å². The summed E-state index contributed by atoms with van der Waals surface area (Å²) in [5.74, 6) is 0.166. The molecule has 1 amide bonds. The summed E-state index contributed by atoms with van der Waals surface area (Å²) in [7, 11) is 0. The number of carbonyl (C=O) groups excluding carboxylic acids is 1. The Balaban J connectivity index is 2.00. The van der Waals surface area contributed by atoms with E-state index in [9.17, 15) is 4.79 Å². The molecule has 3 heteroatoms. The molecule has 0 aliphatic heterocycles. The van der Waals surface area contributed by atoms with Gasteiger partial charge in [-0.15, -0.1) is 0 Å². The van der Waals surface area contributed by atoms with Crippen LogP contribution in [0.4, 0.5) is 5.69 Å². The predicted molar refractivity (Wildman–Crippen MR) is 76.5 cm³/mol. The van der Waals surface area contributed by atoms with Crippen molar-refractivity contribution in [2.75, 3.05) is 5.32 Å². The van der Waals surface area contributed by atoms with Gasteiger partial charge in [0.15, 0.2) is 5.76 Å². The summed E-state index contributed by atoms with van der Waals surface area (Å²) in [5, 5.41) is 2.84. The van der Waals surface area contributed by atoms with Crippen molar-refractivity contribution in [3.8, 4) is 0 Å². The maximum atomic E-state index is 11.9. The zero-order chi connectivity index (χ0) is 13.7. The third-order valence-corrected chi connectivity index (χ3v) is 3.10. The number of unbranched alkanes of at least 4 members (excludes halogenated alkanes) is 1. The molecule has 0 aliphatic carbocycles. The van der Waals surface area contributed by atoms with Crippen LogP contribution in [0.25, 0.3) is 0 Å². The van der Waals surface area contributed by atoms with E-state index in [4.69, 9.17) is 4.42 Å². The number of rotatable bonds is 5. The molecule has 0 saturated heterocycles. The summed E-state index contributed by atoms with van der Waals surface area (Å²) < 4.78 is 5.16. The summed E-state index contributed by atoms with van der Waals surface area (Å²) >= 11 is 0. The summed E-state index contributed by atoms with van der Waals surface area (Å²) in [4.78, 5) is 11.9. The van der Waals surface area contributed by atoms with Gasteiger partial charge in [-0.05, 0) is 43.5 Å². The van der Waals surface area contributed by atoms with Crippen molar-refractivity contribution < 1.29 is 9.21 Å². The maximum absolute atomic E-state index is 11.9. The summed E-state index contributed by atoms with van der Waals surface area (Å²) in [6.45, 7) is 4.03. The first-order chi connectivity index (χ1) is 9.20. The molecule has 2 rings (SSSR count). The van der Waals surface area contributed by atoms with E-state index in [2.05, 4.69) is 24.4 Å². The quantitative estimate of drug-likeness (QED) is 0.873. The summed E-state index contributed by atoms with van der Waals surface area (Å²) in [6.07, 6.45) is 4.99. The molecule has 1 aromatic heterocycles. The van der Waals surface area contributed by atoms with Crippen molar-refractivity contribution in [2.45, 2.75) is 33.1 Å². The van der Waals surface area contributed by atoms with Gasteiger partial charge in [-0.1, -0.05) is 25.5 Å². The van der Waals surface area contributed by atoms with Crippen LogP contribution in [0.1, 0.15) is 41.4 Å². The Morgan fingerprint density at radius 2 is 1.95 bits per heavy atom. The minimum Gasteiger partial charge on any atom is -0.459 e. The van der Waals surface area contributed by atoms with E-state index < -0.39 is 0 Å². The molecule has 2 aromatic rings. The fourth-order valence-corrected chi connectivity index (χ4v) is 1.93. The molecule has 1 aromatic carbocycles. The third kappa shape index (κ3) is 3.47. The Labute approximate surface area is 113 Å².